The highest BCUT2D eigenvalue weighted by atomic mass is 16.3. The minimum absolute atomic E-state index is 0.169. The molecule has 0 radical (unpaired) electrons. The molecule has 4 nitrogen and oxygen atoms in total. The molecule has 118 valence electrons. The number of benzene rings is 2. The molecular weight excluding hydrogens is 300 g/mol. The fourth-order valence-electron chi connectivity index (χ4n) is 2.22. The lowest BCUT2D eigenvalue weighted by Gasteiger charge is -2.05. The maximum atomic E-state index is 12.8. The molecular formula is C20H16N2O2. The molecule has 2 aromatic carbocycles. The monoisotopic (exact) mass is 316 g/mol. The highest BCUT2D eigenvalue weighted by molar-refractivity contribution is 6.51. The highest BCUT2D eigenvalue weighted by Gasteiger charge is 2.16. The van der Waals surface area contributed by atoms with Crippen LogP contribution in [0.5, 0.6) is 0 Å². The molecule has 0 amide bonds. The third-order valence-electron chi connectivity index (χ3n) is 3.48. The number of furan rings is 1. The number of carbonyl (C=O) groups excluding carboxylic acids is 1. The molecule has 0 bridgehead atoms. The molecule has 0 saturated carbocycles. The van der Waals surface area contributed by atoms with Gasteiger partial charge in [-0.05, 0) is 19.1 Å². The summed E-state index contributed by atoms with van der Waals surface area (Å²) in [6.07, 6.45) is 1.57. The van der Waals surface area contributed by atoms with Gasteiger partial charge in [0, 0.05) is 11.1 Å². The number of rotatable bonds is 5. The van der Waals surface area contributed by atoms with Crippen LogP contribution < -0.4 is 0 Å². The van der Waals surface area contributed by atoms with E-state index in [0.29, 0.717) is 22.7 Å². The van der Waals surface area contributed by atoms with Gasteiger partial charge < -0.3 is 4.42 Å². The van der Waals surface area contributed by atoms with Crippen LogP contribution in [-0.2, 0) is 0 Å². The summed E-state index contributed by atoms with van der Waals surface area (Å²) in [5.74, 6) is 0.455. The fraction of sp³-hybridized carbons (Fsp3) is 0.0500. The van der Waals surface area contributed by atoms with Gasteiger partial charge >= 0.3 is 0 Å². The summed E-state index contributed by atoms with van der Waals surface area (Å²) >= 11 is 0. The van der Waals surface area contributed by atoms with E-state index in [4.69, 9.17) is 4.42 Å². The van der Waals surface area contributed by atoms with E-state index in [1.165, 1.54) is 0 Å². The molecule has 3 aromatic rings. The summed E-state index contributed by atoms with van der Waals surface area (Å²) in [6, 6.07) is 22.0. The number of carbonyl (C=O) groups is 1. The van der Waals surface area contributed by atoms with Gasteiger partial charge in [-0.15, -0.1) is 5.10 Å². The van der Waals surface area contributed by atoms with Crippen LogP contribution in [-0.4, -0.2) is 17.2 Å². The van der Waals surface area contributed by atoms with Crippen molar-refractivity contribution in [2.75, 3.05) is 0 Å². The quantitative estimate of drug-likeness (QED) is 0.398. The number of hydrogen-bond acceptors (Lipinski definition) is 4. The Kier molecular flexibility index (Phi) is 4.77. The van der Waals surface area contributed by atoms with E-state index in [1.807, 2.05) is 48.5 Å². The predicted molar refractivity (Wildman–Crippen MR) is 94.7 cm³/mol. The number of ketones is 1. The molecule has 1 aromatic heterocycles. The minimum atomic E-state index is -0.169. The summed E-state index contributed by atoms with van der Waals surface area (Å²) in [5.41, 5.74) is 2.20. The van der Waals surface area contributed by atoms with Crippen LogP contribution in [0, 0.1) is 0 Å². The first-order valence-electron chi connectivity index (χ1n) is 7.57. The van der Waals surface area contributed by atoms with Crippen molar-refractivity contribution in [3.8, 4) is 0 Å². The number of hydrogen-bond donors (Lipinski definition) is 0. The first-order valence-corrected chi connectivity index (χ1v) is 7.57. The average Bonchev–Trinajstić information content (AvgIpc) is 3.18. The molecule has 0 unspecified atom stereocenters. The zero-order chi connectivity index (χ0) is 16.8. The number of Topliss-reactive ketones (excluding diaryl/α,β-unsaturated/α-hetero) is 1. The average molecular weight is 316 g/mol. The van der Waals surface area contributed by atoms with Crippen LogP contribution in [0.3, 0.4) is 0 Å². The second kappa shape index (κ2) is 7.33. The van der Waals surface area contributed by atoms with Gasteiger partial charge in [0.25, 0.3) is 0 Å². The van der Waals surface area contributed by atoms with Crippen LogP contribution in [0.1, 0.15) is 28.6 Å². The second-order valence-corrected chi connectivity index (χ2v) is 5.17. The Morgan fingerprint density at radius 3 is 2.00 bits per heavy atom. The Labute approximate surface area is 140 Å². The van der Waals surface area contributed by atoms with Crippen molar-refractivity contribution in [2.45, 2.75) is 6.92 Å². The maximum Gasteiger partial charge on any atom is 0.213 e. The molecule has 3 rings (SSSR count). The van der Waals surface area contributed by atoms with Crippen molar-refractivity contribution < 1.29 is 9.21 Å². The summed E-state index contributed by atoms with van der Waals surface area (Å²) < 4.78 is 5.29. The predicted octanol–water partition coefficient (Wildman–Crippen LogP) is 4.38. The zero-order valence-electron chi connectivity index (χ0n) is 13.2. The van der Waals surface area contributed by atoms with Gasteiger partial charge in [0.2, 0.25) is 5.78 Å². The van der Waals surface area contributed by atoms with Gasteiger partial charge in [-0.25, -0.2) is 0 Å². The minimum Gasteiger partial charge on any atom is -0.463 e. The fourth-order valence-corrected chi connectivity index (χ4v) is 2.22. The summed E-state index contributed by atoms with van der Waals surface area (Å²) in [5, 5.41) is 8.40. The zero-order valence-corrected chi connectivity index (χ0v) is 13.2. The summed E-state index contributed by atoms with van der Waals surface area (Å²) in [4.78, 5) is 12.8. The molecule has 24 heavy (non-hydrogen) atoms. The van der Waals surface area contributed by atoms with E-state index in [-0.39, 0.29) is 5.78 Å². The third-order valence-corrected chi connectivity index (χ3v) is 3.48. The van der Waals surface area contributed by atoms with E-state index >= 15 is 0 Å². The van der Waals surface area contributed by atoms with Crippen LogP contribution in [0.15, 0.2) is 93.7 Å². The van der Waals surface area contributed by atoms with Gasteiger partial charge in [0.1, 0.15) is 17.2 Å². The number of nitrogens with zero attached hydrogens (tertiary/aromatic N) is 2. The first-order chi connectivity index (χ1) is 11.8. The van der Waals surface area contributed by atoms with Crippen molar-refractivity contribution in [3.05, 3.63) is 95.9 Å². The van der Waals surface area contributed by atoms with Crippen molar-refractivity contribution in [1.29, 1.82) is 0 Å². The molecule has 0 saturated heterocycles. The normalized spacial score (nSPS) is 12.2. The lowest BCUT2D eigenvalue weighted by Crippen LogP contribution is -2.15. The standard InChI is InChI=1S/C20H16N2O2/c1-15(18-13-8-14-24-18)21-22-19(16-9-4-2-5-10-16)20(23)17-11-6-3-7-12-17/h2-14H,1H3/b21-15-,22-19-. The lowest BCUT2D eigenvalue weighted by atomic mass is 10.0. The van der Waals surface area contributed by atoms with Crippen LogP contribution in [0.4, 0.5) is 0 Å². The van der Waals surface area contributed by atoms with E-state index in [9.17, 15) is 4.79 Å². The van der Waals surface area contributed by atoms with Crippen molar-refractivity contribution in [3.63, 3.8) is 0 Å². The molecule has 0 N–H and O–H groups in total. The van der Waals surface area contributed by atoms with Crippen molar-refractivity contribution in [1.82, 2.24) is 0 Å². The third kappa shape index (κ3) is 3.55. The SMILES string of the molecule is C/C(=N/N=C(\C(=O)c1ccccc1)c1ccccc1)c1ccco1. The second-order valence-electron chi connectivity index (χ2n) is 5.17. The van der Waals surface area contributed by atoms with Gasteiger partial charge in [0.05, 0.1) is 6.26 Å². The van der Waals surface area contributed by atoms with Crippen LogP contribution in [0.25, 0.3) is 0 Å². The van der Waals surface area contributed by atoms with Gasteiger partial charge in [-0.1, -0.05) is 60.7 Å². The molecule has 0 fully saturated rings. The molecule has 0 atom stereocenters. The molecule has 0 aliphatic heterocycles. The molecule has 0 aliphatic rings. The summed E-state index contributed by atoms with van der Waals surface area (Å²) in [7, 11) is 0. The Morgan fingerprint density at radius 1 is 0.792 bits per heavy atom. The first kappa shape index (κ1) is 15.6. The Hall–Kier alpha value is -3.27. The molecule has 4 heteroatoms. The van der Waals surface area contributed by atoms with Gasteiger partial charge in [-0.3, -0.25) is 4.79 Å². The van der Waals surface area contributed by atoms with E-state index in [0.717, 1.165) is 5.56 Å². The smallest absolute Gasteiger partial charge is 0.213 e. The van der Waals surface area contributed by atoms with Gasteiger partial charge in [-0.2, -0.15) is 5.10 Å². The molecule has 1 heterocycles. The maximum absolute atomic E-state index is 12.8. The molecule has 0 spiro atoms. The Bertz CT molecular complexity index is 865. The van der Waals surface area contributed by atoms with E-state index in [1.54, 1.807) is 37.5 Å². The highest BCUT2D eigenvalue weighted by Crippen LogP contribution is 2.10. The topological polar surface area (TPSA) is 54.9 Å². The van der Waals surface area contributed by atoms with E-state index in [2.05, 4.69) is 10.2 Å². The summed E-state index contributed by atoms with van der Waals surface area (Å²) in [6.45, 7) is 1.79. The van der Waals surface area contributed by atoms with Gasteiger partial charge in [0.15, 0.2) is 0 Å². The lowest BCUT2D eigenvalue weighted by molar-refractivity contribution is 0.106. The molecule has 0 aliphatic carbocycles. The van der Waals surface area contributed by atoms with Crippen molar-refractivity contribution >= 4 is 17.2 Å². The Balaban J connectivity index is 2.01. The van der Waals surface area contributed by atoms with Crippen LogP contribution in [0.2, 0.25) is 0 Å². The van der Waals surface area contributed by atoms with Crippen LogP contribution >= 0.6 is 0 Å². The van der Waals surface area contributed by atoms with Crippen molar-refractivity contribution in [2.24, 2.45) is 10.2 Å². The largest absolute Gasteiger partial charge is 0.463 e. The van der Waals surface area contributed by atoms with E-state index < -0.39 is 0 Å². The Morgan fingerprint density at radius 2 is 1.42 bits per heavy atom.